The van der Waals surface area contributed by atoms with Crippen LogP contribution in [0.1, 0.15) is 16.7 Å². The van der Waals surface area contributed by atoms with E-state index in [4.69, 9.17) is 9.47 Å². The molecule has 0 saturated carbocycles. The van der Waals surface area contributed by atoms with E-state index in [0.29, 0.717) is 28.8 Å². The number of alkyl halides is 2. The number of carbonyl (C=O) groups excluding carboxylic acids is 1. The number of nitrogens with zero attached hydrogens (tertiary/aromatic N) is 3. The summed E-state index contributed by atoms with van der Waals surface area (Å²) in [5.41, 5.74) is 4.26. The fraction of sp³-hybridized carbons (Fsp3) is 0.222. The predicted octanol–water partition coefficient (Wildman–Crippen LogP) is 4.52. The third kappa shape index (κ3) is 4.23. The van der Waals surface area contributed by atoms with Gasteiger partial charge in [0.05, 0.1) is 29.5 Å². The summed E-state index contributed by atoms with van der Waals surface area (Å²) in [7, 11) is 1.97. The van der Waals surface area contributed by atoms with Crippen molar-refractivity contribution < 1.29 is 32.9 Å². The number of ether oxygens (including phenoxy) is 3. The molecule has 0 radical (unpaired) electrons. The lowest BCUT2D eigenvalue weighted by Gasteiger charge is -2.29. The van der Waals surface area contributed by atoms with Crippen LogP contribution < -0.4 is 14.4 Å². The van der Waals surface area contributed by atoms with Crippen molar-refractivity contribution in [2.75, 3.05) is 25.1 Å². The van der Waals surface area contributed by atoms with E-state index in [-0.39, 0.29) is 23.3 Å². The maximum absolute atomic E-state index is 13.3. The highest BCUT2D eigenvalue weighted by Gasteiger charge is 2.48. The second kappa shape index (κ2) is 9.34. The SMILES string of the molecule is CN1CCOc2ccc(CC3=C(c4ccc5nsnc5c4)C(=O)OC3(O)c3ccc(OC(F)F)cc3)cc21. The minimum atomic E-state index is -2.99. The first-order valence-electron chi connectivity index (χ1n) is 11.8. The summed E-state index contributed by atoms with van der Waals surface area (Å²) >= 11 is 1.06. The molecule has 11 heteroatoms. The van der Waals surface area contributed by atoms with Gasteiger partial charge in [0.15, 0.2) is 0 Å². The van der Waals surface area contributed by atoms with Crippen LogP contribution in [0.15, 0.2) is 66.2 Å². The van der Waals surface area contributed by atoms with Crippen LogP contribution in [0.2, 0.25) is 0 Å². The molecule has 4 aromatic rings. The van der Waals surface area contributed by atoms with Crippen molar-refractivity contribution in [3.05, 3.63) is 82.9 Å². The molecule has 1 unspecified atom stereocenters. The molecule has 38 heavy (non-hydrogen) atoms. The summed E-state index contributed by atoms with van der Waals surface area (Å²) in [6.45, 7) is -1.68. The number of halogens is 2. The molecule has 8 nitrogen and oxygen atoms in total. The third-order valence-corrected chi connectivity index (χ3v) is 7.23. The molecule has 0 aliphatic carbocycles. The van der Waals surface area contributed by atoms with Crippen LogP contribution in [0.4, 0.5) is 14.5 Å². The number of benzene rings is 3. The number of aromatic nitrogens is 2. The summed E-state index contributed by atoms with van der Waals surface area (Å²) in [5.74, 6) is -2.18. The average Bonchev–Trinajstić information content (AvgIpc) is 3.46. The van der Waals surface area contributed by atoms with Gasteiger partial charge in [0.1, 0.15) is 29.1 Å². The number of anilines is 1. The topological polar surface area (TPSA) is 94.0 Å². The first-order chi connectivity index (χ1) is 18.3. The minimum Gasteiger partial charge on any atom is -0.490 e. The van der Waals surface area contributed by atoms with Crippen LogP contribution >= 0.6 is 11.7 Å². The van der Waals surface area contributed by atoms with Crippen molar-refractivity contribution >= 4 is 40.0 Å². The number of hydrogen-bond acceptors (Lipinski definition) is 9. The predicted molar refractivity (Wildman–Crippen MR) is 136 cm³/mol. The van der Waals surface area contributed by atoms with E-state index in [1.54, 1.807) is 18.2 Å². The lowest BCUT2D eigenvalue weighted by molar-refractivity contribution is -0.185. The van der Waals surface area contributed by atoms with Crippen LogP contribution in [0.5, 0.6) is 11.5 Å². The Morgan fingerprint density at radius 3 is 2.68 bits per heavy atom. The van der Waals surface area contributed by atoms with E-state index in [2.05, 4.69) is 18.4 Å². The Morgan fingerprint density at radius 2 is 1.89 bits per heavy atom. The van der Waals surface area contributed by atoms with E-state index in [1.165, 1.54) is 24.3 Å². The van der Waals surface area contributed by atoms with Crippen molar-refractivity contribution in [1.29, 1.82) is 0 Å². The summed E-state index contributed by atoms with van der Waals surface area (Å²) in [6.07, 6.45) is 0.168. The Bertz CT molecular complexity index is 1570. The molecule has 2 aliphatic rings. The smallest absolute Gasteiger partial charge is 0.387 e. The monoisotopic (exact) mass is 537 g/mol. The van der Waals surface area contributed by atoms with Crippen LogP contribution in [-0.2, 0) is 21.7 Å². The highest BCUT2D eigenvalue weighted by Crippen LogP contribution is 2.46. The molecule has 3 aromatic carbocycles. The van der Waals surface area contributed by atoms with Crippen molar-refractivity contribution in [1.82, 2.24) is 8.75 Å². The molecule has 194 valence electrons. The normalized spacial score (nSPS) is 19.1. The molecule has 1 aromatic heterocycles. The van der Waals surface area contributed by atoms with Crippen molar-refractivity contribution in [2.24, 2.45) is 0 Å². The second-order valence-corrected chi connectivity index (χ2v) is 9.54. The maximum atomic E-state index is 13.3. The number of cyclic esters (lactones) is 1. The van der Waals surface area contributed by atoms with Gasteiger partial charge in [0, 0.05) is 24.6 Å². The maximum Gasteiger partial charge on any atom is 0.387 e. The minimum absolute atomic E-state index is 0.0818. The van der Waals surface area contributed by atoms with Gasteiger partial charge in [0.2, 0.25) is 0 Å². The zero-order valence-electron chi connectivity index (χ0n) is 20.1. The Labute approximate surface area is 220 Å². The third-order valence-electron chi connectivity index (χ3n) is 6.67. The van der Waals surface area contributed by atoms with Gasteiger partial charge < -0.3 is 24.2 Å². The Kier molecular flexibility index (Phi) is 5.96. The van der Waals surface area contributed by atoms with Crippen molar-refractivity contribution in [2.45, 2.75) is 18.8 Å². The van der Waals surface area contributed by atoms with Gasteiger partial charge in [-0.25, -0.2) is 4.79 Å². The molecule has 2 aliphatic heterocycles. The number of carbonyl (C=O) groups is 1. The van der Waals surface area contributed by atoms with Gasteiger partial charge >= 0.3 is 12.6 Å². The zero-order valence-corrected chi connectivity index (χ0v) is 20.9. The number of likely N-dealkylation sites (N-methyl/N-ethyl adjacent to an activating group) is 1. The number of aliphatic hydroxyl groups is 1. The molecule has 0 spiro atoms. The van der Waals surface area contributed by atoms with E-state index in [1.807, 2.05) is 25.2 Å². The Hall–Kier alpha value is -4.09. The average molecular weight is 538 g/mol. The fourth-order valence-corrected chi connectivity index (χ4v) is 5.30. The van der Waals surface area contributed by atoms with Crippen LogP contribution in [0.25, 0.3) is 16.6 Å². The molecule has 3 heterocycles. The molecule has 0 amide bonds. The fourth-order valence-electron chi connectivity index (χ4n) is 4.78. The number of rotatable bonds is 6. The lowest BCUT2D eigenvalue weighted by Crippen LogP contribution is -2.30. The first-order valence-corrected chi connectivity index (χ1v) is 12.5. The van der Waals surface area contributed by atoms with Crippen LogP contribution in [0, 0.1) is 0 Å². The van der Waals surface area contributed by atoms with Gasteiger partial charge in [-0.2, -0.15) is 17.5 Å². The summed E-state index contributed by atoms with van der Waals surface area (Å²) in [4.78, 5) is 15.4. The highest BCUT2D eigenvalue weighted by atomic mass is 32.1. The molecule has 0 bridgehead atoms. The first kappa shape index (κ1) is 24.3. The molecule has 1 N–H and O–H groups in total. The van der Waals surface area contributed by atoms with Crippen molar-refractivity contribution in [3.8, 4) is 11.5 Å². The molecule has 1 atom stereocenters. The number of fused-ring (bicyclic) bond motifs is 2. The van der Waals surface area contributed by atoms with E-state index in [0.717, 1.165) is 35.3 Å². The van der Waals surface area contributed by atoms with Gasteiger partial charge in [-0.1, -0.05) is 12.1 Å². The summed E-state index contributed by atoms with van der Waals surface area (Å²) in [5, 5.41) is 11.9. The second-order valence-electron chi connectivity index (χ2n) is 9.01. The summed E-state index contributed by atoms with van der Waals surface area (Å²) < 4.78 is 49.6. The highest BCUT2D eigenvalue weighted by molar-refractivity contribution is 7.00. The number of hydrogen-bond donors (Lipinski definition) is 1. The van der Waals surface area contributed by atoms with E-state index < -0.39 is 18.4 Å². The lowest BCUT2D eigenvalue weighted by atomic mass is 9.87. The van der Waals surface area contributed by atoms with Crippen molar-refractivity contribution in [3.63, 3.8) is 0 Å². The molecule has 0 saturated heterocycles. The van der Waals surface area contributed by atoms with E-state index >= 15 is 0 Å². The molecule has 6 rings (SSSR count). The standard InChI is InChI=1S/C27H21F2N3O5S/c1-32-10-11-35-23-9-2-15(13-22(23)32)12-19-24(16-3-8-20-21(14-16)31-38-30-20)25(33)37-27(19,34)17-4-6-18(7-5-17)36-26(28)29/h2-9,13-14,26,34H,10-12H2,1H3. The largest absolute Gasteiger partial charge is 0.490 e. The van der Waals surface area contributed by atoms with Gasteiger partial charge in [0.25, 0.3) is 5.79 Å². The Morgan fingerprint density at radius 1 is 1.11 bits per heavy atom. The molecule has 0 fully saturated rings. The van der Waals surface area contributed by atoms with E-state index in [9.17, 15) is 18.7 Å². The van der Waals surface area contributed by atoms with Gasteiger partial charge in [-0.3, -0.25) is 0 Å². The summed E-state index contributed by atoms with van der Waals surface area (Å²) in [6, 6.07) is 16.3. The zero-order chi connectivity index (χ0) is 26.4. The Balaban J connectivity index is 1.47. The molecular formula is C27H21F2N3O5S. The van der Waals surface area contributed by atoms with Crippen LogP contribution in [0.3, 0.4) is 0 Å². The quantitative estimate of drug-likeness (QED) is 0.359. The molecular weight excluding hydrogens is 516 g/mol. The number of esters is 1. The van der Waals surface area contributed by atoms with Gasteiger partial charge in [-0.05, 0) is 59.7 Å². The van der Waals surface area contributed by atoms with Crippen LogP contribution in [-0.4, -0.2) is 46.6 Å². The van der Waals surface area contributed by atoms with Gasteiger partial charge in [-0.15, -0.1) is 0 Å².